The molecule has 2 aromatic rings. The van der Waals surface area contributed by atoms with Crippen molar-refractivity contribution >= 4 is 34.6 Å². The van der Waals surface area contributed by atoms with Crippen LogP contribution in [0.2, 0.25) is 10.0 Å². The van der Waals surface area contributed by atoms with Crippen LogP contribution in [0.25, 0.3) is 0 Å². The maximum Gasteiger partial charge on any atom is 0.457 e. The lowest BCUT2D eigenvalue weighted by atomic mass is 9.80. The number of halogens is 8. The molecule has 0 aliphatic heterocycles. The molecule has 136 valence electrons. The van der Waals surface area contributed by atoms with E-state index in [9.17, 15) is 22.0 Å². The fourth-order valence-corrected chi connectivity index (χ4v) is 2.70. The van der Waals surface area contributed by atoms with Gasteiger partial charge in [-0.25, -0.2) is 4.39 Å². The molecule has 0 unspecified atom stereocenters. The minimum Gasteiger partial charge on any atom is -0.397 e. The van der Waals surface area contributed by atoms with Gasteiger partial charge in [0, 0.05) is 11.1 Å². The third kappa shape index (κ3) is 2.87. The van der Waals surface area contributed by atoms with Gasteiger partial charge in [0.25, 0.3) is 0 Å². The molecule has 0 aliphatic rings. The van der Waals surface area contributed by atoms with Gasteiger partial charge in [0.2, 0.25) is 5.67 Å². The topological polar surface area (TPSA) is 52.0 Å². The Morgan fingerprint density at radius 3 is 1.36 bits per heavy atom. The van der Waals surface area contributed by atoms with E-state index in [0.29, 0.717) is 12.1 Å². The van der Waals surface area contributed by atoms with Gasteiger partial charge in [0.15, 0.2) is 0 Å². The summed E-state index contributed by atoms with van der Waals surface area (Å²) in [7, 11) is 0. The molecule has 0 heterocycles. The lowest BCUT2D eigenvalue weighted by molar-refractivity contribution is -0.322. The minimum absolute atomic E-state index is 0.391. The van der Waals surface area contributed by atoms with Crippen LogP contribution in [-0.4, -0.2) is 12.1 Å². The Kier molecular flexibility index (Phi) is 4.82. The van der Waals surface area contributed by atoms with E-state index >= 15 is 4.39 Å². The Bertz CT molecular complexity index is 756. The number of para-hydroxylation sites is 2. The summed E-state index contributed by atoms with van der Waals surface area (Å²) < 4.78 is 83.3. The van der Waals surface area contributed by atoms with Crippen molar-refractivity contribution in [2.45, 2.75) is 17.8 Å². The third-order valence-electron chi connectivity index (χ3n) is 3.64. The van der Waals surface area contributed by atoms with Gasteiger partial charge in [-0.2, -0.15) is 22.0 Å². The maximum atomic E-state index is 15.7. The Hall–Kier alpha value is -1.80. The number of benzene rings is 2. The lowest BCUT2D eigenvalue weighted by Crippen LogP contribution is -2.53. The van der Waals surface area contributed by atoms with E-state index in [2.05, 4.69) is 0 Å². The van der Waals surface area contributed by atoms with E-state index in [1.54, 1.807) is 0 Å². The molecule has 0 spiro atoms. The molecule has 10 heteroatoms. The molecule has 2 aromatic carbocycles. The molecule has 0 aromatic heterocycles. The number of rotatable bonds is 3. The quantitative estimate of drug-likeness (QED) is 0.520. The summed E-state index contributed by atoms with van der Waals surface area (Å²) in [6, 6.07) is 5.59. The predicted molar refractivity (Wildman–Crippen MR) is 84.6 cm³/mol. The normalized spacial score (nSPS) is 13.1. The maximum absolute atomic E-state index is 15.7. The summed E-state index contributed by atoms with van der Waals surface area (Å²) in [6.45, 7) is 0. The fourth-order valence-electron chi connectivity index (χ4n) is 2.35. The summed E-state index contributed by atoms with van der Waals surface area (Å²) in [5.74, 6) is -5.88. The molecule has 0 amide bonds. The van der Waals surface area contributed by atoms with E-state index in [1.165, 1.54) is 0 Å². The molecule has 0 atom stereocenters. The van der Waals surface area contributed by atoms with Crippen molar-refractivity contribution in [2.24, 2.45) is 0 Å². The smallest absolute Gasteiger partial charge is 0.397 e. The number of hydrogen-bond acceptors (Lipinski definition) is 2. The molecule has 2 nitrogen and oxygen atoms in total. The first kappa shape index (κ1) is 19.5. The minimum atomic E-state index is -6.24. The van der Waals surface area contributed by atoms with E-state index in [0.717, 1.165) is 24.3 Å². The van der Waals surface area contributed by atoms with Gasteiger partial charge in [-0.05, 0) is 12.1 Å². The molecule has 0 fully saturated rings. The zero-order valence-corrected chi connectivity index (χ0v) is 13.7. The first-order valence-electron chi connectivity index (χ1n) is 6.58. The Morgan fingerprint density at radius 1 is 0.680 bits per heavy atom. The summed E-state index contributed by atoms with van der Waals surface area (Å²) in [5.41, 5.74) is 2.65. The average molecular weight is 403 g/mol. The van der Waals surface area contributed by atoms with Crippen LogP contribution in [0, 0.1) is 0 Å². The lowest BCUT2D eigenvalue weighted by Gasteiger charge is -2.36. The number of nitrogens with two attached hydrogens (primary N) is 2. The van der Waals surface area contributed by atoms with E-state index < -0.39 is 50.3 Å². The summed E-state index contributed by atoms with van der Waals surface area (Å²) in [6.07, 6.45) is -6.24. The molecule has 0 radical (unpaired) electrons. The van der Waals surface area contributed by atoms with E-state index in [1.807, 2.05) is 0 Å². The second kappa shape index (κ2) is 6.17. The summed E-state index contributed by atoms with van der Waals surface area (Å²) >= 11 is 11.3. The van der Waals surface area contributed by atoms with Gasteiger partial charge < -0.3 is 11.5 Å². The van der Waals surface area contributed by atoms with Gasteiger partial charge in [-0.15, -0.1) is 0 Å². The van der Waals surface area contributed by atoms with Crippen molar-refractivity contribution in [3.05, 3.63) is 57.6 Å². The van der Waals surface area contributed by atoms with Crippen LogP contribution in [0.3, 0.4) is 0 Å². The van der Waals surface area contributed by atoms with Gasteiger partial charge >= 0.3 is 12.1 Å². The molecule has 0 aliphatic carbocycles. The van der Waals surface area contributed by atoms with Crippen molar-refractivity contribution < 1.29 is 26.3 Å². The standard InChI is InChI=1S/C15H10Cl2F6N2/c16-9-5-1-3-7(11(9)24)13(18,14(19,20)15(21,22)23)8-4-2-6-10(17)12(8)25/h1-6H,24-25H2. The first-order valence-corrected chi connectivity index (χ1v) is 7.33. The summed E-state index contributed by atoms with van der Waals surface area (Å²) in [4.78, 5) is 0. The van der Waals surface area contributed by atoms with Crippen molar-refractivity contribution in [1.82, 2.24) is 0 Å². The predicted octanol–water partition coefficient (Wildman–Crippen LogP) is 5.57. The van der Waals surface area contributed by atoms with Crippen LogP contribution in [0.1, 0.15) is 11.1 Å². The molecule has 25 heavy (non-hydrogen) atoms. The van der Waals surface area contributed by atoms with Crippen molar-refractivity contribution in [3.63, 3.8) is 0 Å². The first-order chi connectivity index (χ1) is 11.4. The SMILES string of the molecule is Nc1c(Cl)cccc1C(F)(c1cccc(Cl)c1N)C(F)(F)C(F)(F)F. The van der Waals surface area contributed by atoms with Crippen molar-refractivity contribution in [2.75, 3.05) is 11.5 Å². The third-order valence-corrected chi connectivity index (χ3v) is 4.30. The Labute approximate surface area is 148 Å². The van der Waals surface area contributed by atoms with Crippen molar-refractivity contribution in [3.8, 4) is 0 Å². The highest BCUT2D eigenvalue weighted by Gasteiger charge is 2.73. The van der Waals surface area contributed by atoms with Crippen LogP contribution in [-0.2, 0) is 5.67 Å². The van der Waals surface area contributed by atoms with Crippen molar-refractivity contribution in [1.29, 1.82) is 0 Å². The number of nitrogen functional groups attached to an aromatic ring is 2. The molecular weight excluding hydrogens is 393 g/mol. The van der Waals surface area contributed by atoms with E-state index in [4.69, 9.17) is 34.7 Å². The van der Waals surface area contributed by atoms with Gasteiger partial charge in [0.1, 0.15) is 0 Å². The van der Waals surface area contributed by atoms with Gasteiger partial charge in [-0.3, -0.25) is 0 Å². The zero-order chi connectivity index (χ0) is 19.2. The van der Waals surface area contributed by atoms with Crippen LogP contribution < -0.4 is 11.5 Å². The zero-order valence-electron chi connectivity index (χ0n) is 12.1. The highest BCUT2D eigenvalue weighted by molar-refractivity contribution is 6.33. The van der Waals surface area contributed by atoms with Crippen LogP contribution in [0.5, 0.6) is 0 Å². The highest BCUT2D eigenvalue weighted by atomic mass is 35.5. The van der Waals surface area contributed by atoms with Gasteiger partial charge in [-0.1, -0.05) is 47.5 Å². The van der Waals surface area contributed by atoms with Gasteiger partial charge in [0.05, 0.1) is 21.4 Å². The molecule has 4 N–H and O–H groups in total. The summed E-state index contributed by atoms with van der Waals surface area (Å²) in [5, 5.41) is -0.781. The monoisotopic (exact) mass is 402 g/mol. The molecule has 2 rings (SSSR count). The molecular formula is C15H10Cl2F6N2. The van der Waals surface area contributed by atoms with E-state index in [-0.39, 0.29) is 0 Å². The highest BCUT2D eigenvalue weighted by Crippen LogP contribution is 2.57. The second-order valence-electron chi connectivity index (χ2n) is 5.13. The van der Waals surface area contributed by atoms with Crippen LogP contribution >= 0.6 is 23.2 Å². The number of anilines is 2. The largest absolute Gasteiger partial charge is 0.457 e. The second-order valence-corrected chi connectivity index (χ2v) is 5.95. The van der Waals surface area contributed by atoms with Crippen LogP contribution in [0.15, 0.2) is 36.4 Å². The Morgan fingerprint density at radius 2 is 1.04 bits per heavy atom. The number of hydrogen-bond donors (Lipinski definition) is 2. The Balaban J connectivity index is 2.96. The number of alkyl halides is 6. The van der Waals surface area contributed by atoms with Crippen LogP contribution in [0.4, 0.5) is 37.7 Å². The molecule has 0 saturated heterocycles. The average Bonchev–Trinajstić information content (AvgIpc) is 2.50. The fraction of sp³-hybridized carbons (Fsp3) is 0.200. The molecule has 0 saturated carbocycles. The molecule has 0 bridgehead atoms.